The summed E-state index contributed by atoms with van der Waals surface area (Å²) in [5.74, 6) is -1.13. The van der Waals surface area contributed by atoms with Gasteiger partial charge < -0.3 is 5.11 Å². The van der Waals surface area contributed by atoms with Crippen molar-refractivity contribution in [3.63, 3.8) is 0 Å². The molecule has 0 heterocycles. The number of carboxylic acids is 1. The molecule has 0 aliphatic heterocycles. The molecule has 0 aromatic heterocycles. The molecule has 0 rings (SSSR count). The molecule has 0 aromatic rings. The molecular formula is C4H5NO2. The largest absolute Gasteiger partial charge is 0.477 e. The molecule has 0 atom stereocenters. The number of carbonyl (C=O) groups is 1. The molecule has 0 unspecified atom stereocenters. The minimum atomic E-state index is -1.13. The van der Waals surface area contributed by atoms with E-state index in [0.29, 0.717) is 0 Å². The van der Waals surface area contributed by atoms with Gasteiger partial charge in [0, 0.05) is 0 Å². The van der Waals surface area contributed by atoms with E-state index in [0.717, 1.165) is 0 Å². The van der Waals surface area contributed by atoms with E-state index in [2.05, 4.69) is 18.3 Å². The average molecular weight is 99.1 g/mol. The highest BCUT2D eigenvalue weighted by Crippen LogP contribution is 1.86. The van der Waals surface area contributed by atoms with Gasteiger partial charge in [-0.3, -0.25) is 4.99 Å². The summed E-state index contributed by atoms with van der Waals surface area (Å²) in [7, 11) is 0. The Morgan fingerprint density at radius 1 is 1.71 bits per heavy atom. The van der Waals surface area contributed by atoms with E-state index in [9.17, 15) is 4.79 Å². The van der Waals surface area contributed by atoms with Gasteiger partial charge in [0.2, 0.25) is 0 Å². The number of nitrogens with zero attached hydrogens (tertiary/aromatic N) is 1. The van der Waals surface area contributed by atoms with Crippen molar-refractivity contribution in [1.82, 2.24) is 0 Å². The monoisotopic (exact) mass is 99.0 g/mol. The van der Waals surface area contributed by atoms with Crippen LogP contribution in [0, 0.1) is 0 Å². The van der Waals surface area contributed by atoms with E-state index < -0.39 is 5.97 Å². The van der Waals surface area contributed by atoms with Crippen molar-refractivity contribution in [2.24, 2.45) is 4.99 Å². The number of aliphatic imine (C=N–C) groups is 1. The zero-order chi connectivity index (χ0) is 5.86. The van der Waals surface area contributed by atoms with Crippen LogP contribution in [0.1, 0.15) is 0 Å². The van der Waals surface area contributed by atoms with Gasteiger partial charge >= 0.3 is 5.97 Å². The Morgan fingerprint density at radius 3 is 2.14 bits per heavy atom. The fourth-order valence-electron chi connectivity index (χ4n) is 0.0676. The zero-order valence-corrected chi connectivity index (χ0v) is 3.72. The third-order valence-electron chi connectivity index (χ3n) is 0.438. The third-order valence-corrected chi connectivity index (χ3v) is 0.438. The van der Waals surface area contributed by atoms with Crippen LogP contribution in [0.4, 0.5) is 0 Å². The number of aliphatic carboxylic acids is 1. The van der Waals surface area contributed by atoms with Gasteiger partial charge in [-0.05, 0) is 6.72 Å². The topological polar surface area (TPSA) is 49.7 Å². The lowest BCUT2D eigenvalue weighted by atomic mass is 10.5. The van der Waals surface area contributed by atoms with Crippen LogP contribution in [0.5, 0.6) is 0 Å². The van der Waals surface area contributed by atoms with Crippen LogP contribution in [-0.2, 0) is 4.79 Å². The highest BCUT2D eigenvalue weighted by atomic mass is 16.4. The van der Waals surface area contributed by atoms with E-state index in [-0.39, 0.29) is 5.70 Å². The molecule has 0 spiro atoms. The molecule has 3 nitrogen and oxygen atoms in total. The fourth-order valence-corrected chi connectivity index (χ4v) is 0.0676. The Morgan fingerprint density at radius 2 is 2.14 bits per heavy atom. The van der Waals surface area contributed by atoms with E-state index in [1.54, 1.807) is 0 Å². The van der Waals surface area contributed by atoms with Crippen LogP contribution in [0.15, 0.2) is 17.3 Å². The van der Waals surface area contributed by atoms with Gasteiger partial charge in [0.05, 0.1) is 0 Å². The van der Waals surface area contributed by atoms with Gasteiger partial charge in [0.25, 0.3) is 0 Å². The number of hydrogen-bond donors (Lipinski definition) is 1. The Bertz CT molecular complexity index is 117. The normalized spacial score (nSPS) is 7.43. The SMILES string of the molecule is C=NC(=C)C(=O)O. The van der Waals surface area contributed by atoms with Gasteiger partial charge in [-0.15, -0.1) is 0 Å². The fraction of sp³-hybridized carbons (Fsp3) is 0. The molecule has 0 fully saturated rings. The number of hydrogen-bond acceptors (Lipinski definition) is 2. The summed E-state index contributed by atoms with van der Waals surface area (Å²) in [6.45, 7) is 6.00. The summed E-state index contributed by atoms with van der Waals surface area (Å²) in [4.78, 5) is 12.7. The van der Waals surface area contributed by atoms with Crippen molar-refractivity contribution in [2.45, 2.75) is 0 Å². The molecule has 1 N–H and O–H groups in total. The molecule has 38 valence electrons. The summed E-state index contributed by atoms with van der Waals surface area (Å²) >= 11 is 0. The lowest BCUT2D eigenvalue weighted by Gasteiger charge is -1.82. The molecule has 0 radical (unpaired) electrons. The highest BCUT2D eigenvalue weighted by molar-refractivity contribution is 5.86. The summed E-state index contributed by atoms with van der Waals surface area (Å²) in [5.41, 5.74) is -0.222. The molecule has 0 aliphatic rings. The summed E-state index contributed by atoms with van der Waals surface area (Å²) in [6.07, 6.45) is 0. The van der Waals surface area contributed by atoms with Crippen molar-refractivity contribution in [3.05, 3.63) is 12.3 Å². The Balaban J connectivity index is 3.81. The van der Waals surface area contributed by atoms with Crippen LogP contribution in [0.25, 0.3) is 0 Å². The molecule has 3 heteroatoms. The third kappa shape index (κ3) is 1.70. The van der Waals surface area contributed by atoms with Crippen molar-refractivity contribution in [2.75, 3.05) is 0 Å². The molecular weight excluding hydrogens is 94.0 g/mol. The molecule has 0 bridgehead atoms. The first-order valence-electron chi connectivity index (χ1n) is 1.57. The van der Waals surface area contributed by atoms with Gasteiger partial charge in [-0.2, -0.15) is 0 Å². The first-order valence-corrected chi connectivity index (χ1v) is 1.57. The quantitative estimate of drug-likeness (QED) is 0.399. The highest BCUT2D eigenvalue weighted by Gasteiger charge is 1.95. The average Bonchev–Trinajstić information content (AvgIpc) is 1.65. The summed E-state index contributed by atoms with van der Waals surface area (Å²) < 4.78 is 0. The maximum absolute atomic E-state index is 9.70. The lowest BCUT2D eigenvalue weighted by molar-refractivity contribution is -0.132. The number of rotatable bonds is 2. The first kappa shape index (κ1) is 5.88. The Labute approximate surface area is 41.0 Å². The van der Waals surface area contributed by atoms with E-state index >= 15 is 0 Å². The van der Waals surface area contributed by atoms with E-state index in [4.69, 9.17) is 5.11 Å². The van der Waals surface area contributed by atoms with Gasteiger partial charge in [0.15, 0.2) is 0 Å². The lowest BCUT2D eigenvalue weighted by Crippen LogP contribution is -1.93. The predicted octanol–water partition coefficient (Wildman–Crippen LogP) is 0.285. The second kappa shape index (κ2) is 2.12. The smallest absolute Gasteiger partial charge is 0.353 e. The summed E-state index contributed by atoms with van der Waals surface area (Å²) in [6, 6.07) is 0. The minimum absolute atomic E-state index is 0.222. The summed E-state index contributed by atoms with van der Waals surface area (Å²) in [5, 5.41) is 7.95. The molecule has 0 saturated carbocycles. The minimum Gasteiger partial charge on any atom is -0.477 e. The van der Waals surface area contributed by atoms with Crippen LogP contribution in [0.3, 0.4) is 0 Å². The molecule has 7 heavy (non-hydrogen) atoms. The first-order chi connectivity index (χ1) is 3.18. The van der Waals surface area contributed by atoms with Crippen molar-refractivity contribution in [3.8, 4) is 0 Å². The van der Waals surface area contributed by atoms with Crippen molar-refractivity contribution < 1.29 is 9.90 Å². The molecule has 0 amide bonds. The van der Waals surface area contributed by atoms with E-state index in [1.807, 2.05) is 0 Å². The van der Waals surface area contributed by atoms with Crippen LogP contribution < -0.4 is 0 Å². The maximum atomic E-state index is 9.70. The van der Waals surface area contributed by atoms with Crippen LogP contribution in [-0.4, -0.2) is 17.8 Å². The van der Waals surface area contributed by atoms with Gasteiger partial charge in [-0.25, -0.2) is 4.79 Å². The molecule has 0 saturated heterocycles. The number of carboxylic acid groups (broad SMARTS) is 1. The second-order valence-corrected chi connectivity index (χ2v) is 0.910. The van der Waals surface area contributed by atoms with Crippen LogP contribution in [0.2, 0.25) is 0 Å². The Hall–Kier alpha value is -1.12. The maximum Gasteiger partial charge on any atom is 0.353 e. The predicted molar refractivity (Wildman–Crippen MR) is 26.3 cm³/mol. The molecule has 0 aromatic carbocycles. The zero-order valence-electron chi connectivity index (χ0n) is 3.72. The standard InChI is InChI=1S/C4H5NO2/c1-3(5-2)4(6)7/h1-2H2,(H,6,7). The molecule has 0 aliphatic carbocycles. The Kier molecular flexibility index (Phi) is 1.78. The van der Waals surface area contributed by atoms with Gasteiger partial charge in [0.1, 0.15) is 5.70 Å². The van der Waals surface area contributed by atoms with E-state index in [1.165, 1.54) is 0 Å². The van der Waals surface area contributed by atoms with Crippen molar-refractivity contribution in [1.29, 1.82) is 0 Å². The second-order valence-electron chi connectivity index (χ2n) is 0.910. The van der Waals surface area contributed by atoms with Crippen LogP contribution >= 0.6 is 0 Å². The van der Waals surface area contributed by atoms with Gasteiger partial charge in [-0.1, -0.05) is 6.58 Å². The van der Waals surface area contributed by atoms with Crippen molar-refractivity contribution >= 4 is 12.7 Å².